The Labute approximate surface area is 140 Å². The van der Waals surface area contributed by atoms with Crippen molar-refractivity contribution in [1.29, 1.82) is 0 Å². The van der Waals surface area contributed by atoms with E-state index in [1.807, 2.05) is 0 Å². The van der Waals surface area contributed by atoms with E-state index in [1.54, 1.807) is 45.0 Å². The van der Waals surface area contributed by atoms with E-state index >= 15 is 0 Å². The molecule has 0 aliphatic heterocycles. The van der Waals surface area contributed by atoms with Crippen LogP contribution in [0, 0.1) is 13.8 Å². The maximum Gasteiger partial charge on any atom is 0.355 e. The SMILES string of the molecule is CCOC(=O)c1[nH]c(C)c(C(=O)Nc2cccc(C(C)=O)c2)c1C. The van der Waals surface area contributed by atoms with Gasteiger partial charge in [-0.3, -0.25) is 9.59 Å². The van der Waals surface area contributed by atoms with Gasteiger partial charge in [-0.15, -0.1) is 0 Å². The molecule has 0 aliphatic rings. The fourth-order valence-corrected chi connectivity index (χ4v) is 2.51. The largest absolute Gasteiger partial charge is 0.461 e. The molecule has 6 heteroatoms. The zero-order valence-corrected chi connectivity index (χ0v) is 14.1. The number of carbonyl (C=O) groups is 3. The molecule has 0 saturated carbocycles. The quantitative estimate of drug-likeness (QED) is 0.651. The molecule has 1 aromatic carbocycles. The Kier molecular flexibility index (Phi) is 5.18. The smallest absolute Gasteiger partial charge is 0.355 e. The highest BCUT2D eigenvalue weighted by Crippen LogP contribution is 2.21. The first-order valence-electron chi connectivity index (χ1n) is 7.63. The molecule has 0 spiro atoms. The molecule has 1 heterocycles. The van der Waals surface area contributed by atoms with Crippen LogP contribution in [-0.4, -0.2) is 29.3 Å². The number of ether oxygens (including phenoxy) is 1. The molecule has 24 heavy (non-hydrogen) atoms. The number of aromatic nitrogens is 1. The molecule has 2 N–H and O–H groups in total. The van der Waals surface area contributed by atoms with Crippen LogP contribution < -0.4 is 5.32 Å². The number of hydrogen-bond donors (Lipinski definition) is 2. The molecule has 2 aromatic rings. The number of Topliss-reactive ketones (excluding diaryl/α,β-unsaturated/α-hetero) is 1. The van der Waals surface area contributed by atoms with Crippen LogP contribution in [0.1, 0.15) is 56.3 Å². The number of aryl methyl sites for hydroxylation is 1. The van der Waals surface area contributed by atoms with Gasteiger partial charge in [-0.2, -0.15) is 0 Å². The van der Waals surface area contributed by atoms with Crippen molar-refractivity contribution < 1.29 is 19.1 Å². The minimum absolute atomic E-state index is 0.0790. The number of aromatic amines is 1. The number of benzene rings is 1. The third kappa shape index (κ3) is 3.53. The Morgan fingerprint density at radius 3 is 2.54 bits per heavy atom. The summed E-state index contributed by atoms with van der Waals surface area (Å²) in [5.41, 5.74) is 2.82. The highest BCUT2D eigenvalue weighted by Gasteiger charge is 2.22. The van der Waals surface area contributed by atoms with E-state index in [1.165, 1.54) is 6.92 Å². The fourth-order valence-electron chi connectivity index (χ4n) is 2.51. The van der Waals surface area contributed by atoms with Crippen LogP contribution in [0.25, 0.3) is 0 Å². The highest BCUT2D eigenvalue weighted by atomic mass is 16.5. The first-order valence-corrected chi connectivity index (χ1v) is 7.63. The van der Waals surface area contributed by atoms with E-state index in [9.17, 15) is 14.4 Å². The van der Waals surface area contributed by atoms with E-state index in [2.05, 4.69) is 10.3 Å². The molecule has 2 rings (SSSR count). The number of anilines is 1. The van der Waals surface area contributed by atoms with Gasteiger partial charge in [-0.1, -0.05) is 12.1 Å². The molecule has 1 aromatic heterocycles. The van der Waals surface area contributed by atoms with Gasteiger partial charge in [-0.05, 0) is 45.4 Å². The molecule has 0 bridgehead atoms. The van der Waals surface area contributed by atoms with Gasteiger partial charge in [0.05, 0.1) is 12.2 Å². The Balaban J connectivity index is 2.29. The van der Waals surface area contributed by atoms with Gasteiger partial charge >= 0.3 is 5.97 Å². The monoisotopic (exact) mass is 328 g/mol. The second-order valence-electron chi connectivity index (χ2n) is 5.44. The van der Waals surface area contributed by atoms with Gasteiger partial charge in [0.15, 0.2) is 5.78 Å². The Morgan fingerprint density at radius 1 is 1.21 bits per heavy atom. The van der Waals surface area contributed by atoms with Crippen molar-refractivity contribution in [1.82, 2.24) is 4.98 Å². The molecule has 0 saturated heterocycles. The lowest BCUT2D eigenvalue weighted by atomic mass is 10.1. The number of carbonyl (C=O) groups excluding carboxylic acids is 3. The van der Waals surface area contributed by atoms with E-state index < -0.39 is 5.97 Å². The van der Waals surface area contributed by atoms with E-state index in [0.29, 0.717) is 28.1 Å². The zero-order valence-electron chi connectivity index (χ0n) is 14.1. The predicted octanol–water partition coefficient (Wildman–Crippen LogP) is 3.26. The normalized spacial score (nSPS) is 10.3. The number of nitrogens with one attached hydrogen (secondary N) is 2. The number of esters is 1. The maximum absolute atomic E-state index is 12.6. The van der Waals surface area contributed by atoms with Crippen LogP contribution in [0.3, 0.4) is 0 Å². The Morgan fingerprint density at radius 2 is 1.92 bits per heavy atom. The maximum atomic E-state index is 12.6. The van der Waals surface area contributed by atoms with Crippen LogP contribution in [0.15, 0.2) is 24.3 Å². The molecule has 0 atom stereocenters. The third-order valence-corrected chi connectivity index (χ3v) is 3.67. The Hall–Kier alpha value is -2.89. The summed E-state index contributed by atoms with van der Waals surface area (Å²) < 4.78 is 4.98. The molecule has 6 nitrogen and oxygen atoms in total. The number of ketones is 1. The lowest BCUT2D eigenvalue weighted by Crippen LogP contribution is -2.14. The Bertz CT molecular complexity index is 805. The van der Waals surface area contributed by atoms with Gasteiger partial charge in [-0.25, -0.2) is 4.79 Å². The molecule has 0 fully saturated rings. The molecule has 0 radical (unpaired) electrons. The van der Waals surface area contributed by atoms with Gasteiger partial charge in [0.1, 0.15) is 5.69 Å². The van der Waals surface area contributed by atoms with E-state index in [4.69, 9.17) is 4.74 Å². The summed E-state index contributed by atoms with van der Waals surface area (Å²) in [4.78, 5) is 38.8. The summed E-state index contributed by atoms with van der Waals surface area (Å²) in [5, 5.41) is 2.76. The van der Waals surface area contributed by atoms with Crippen LogP contribution in [0.4, 0.5) is 5.69 Å². The van der Waals surface area contributed by atoms with Crippen molar-refractivity contribution in [2.45, 2.75) is 27.7 Å². The van der Waals surface area contributed by atoms with Crippen molar-refractivity contribution in [3.63, 3.8) is 0 Å². The van der Waals surface area contributed by atoms with Crippen molar-refractivity contribution >= 4 is 23.3 Å². The zero-order chi connectivity index (χ0) is 17.9. The van der Waals surface area contributed by atoms with Gasteiger partial charge in [0.25, 0.3) is 5.91 Å². The van der Waals surface area contributed by atoms with E-state index in [0.717, 1.165) is 0 Å². The lowest BCUT2D eigenvalue weighted by Gasteiger charge is -2.07. The molecular weight excluding hydrogens is 308 g/mol. The van der Waals surface area contributed by atoms with Crippen LogP contribution >= 0.6 is 0 Å². The summed E-state index contributed by atoms with van der Waals surface area (Å²) >= 11 is 0. The number of rotatable bonds is 5. The van der Waals surface area contributed by atoms with Crippen LogP contribution in [0.2, 0.25) is 0 Å². The minimum Gasteiger partial charge on any atom is -0.461 e. The van der Waals surface area contributed by atoms with Crippen molar-refractivity contribution in [3.05, 3.63) is 52.3 Å². The van der Waals surface area contributed by atoms with E-state index in [-0.39, 0.29) is 24.0 Å². The standard InChI is InChI=1S/C18H20N2O4/c1-5-24-18(23)16-10(2)15(11(3)19-16)17(22)20-14-8-6-7-13(9-14)12(4)21/h6-9,19H,5H2,1-4H3,(H,20,22). The second-order valence-corrected chi connectivity index (χ2v) is 5.44. The molecule has 0 aliphatic carbocycles. The fraction of sp³-hybridized carbons (Fsp3) is 0.278. The predicted molar refractivity (Wildman–Crippen MR) is 90.6 cm³/mol. The summed E-state index contributed by atoms with van der Waals surface area (Å²) in [6, 6.07) is 6.70. The minimum atomic E-state index is -0.490. The van der Waals surface area contributed by atoms with Gasteiger partial charge in [0.2, 0.25) is 0 Å². The topological polar surface area (TPSA) is 88.3 Å². The average molecular weight is 328 g/mol. The molecule has 126 valence electrons. The summed E-state index contributed by atoms with van der Waals surface area (Å²) in [6.07, 6.45) is 0. The first kappa shape index (κ1) is 17.5. The van der Waals surface area contributed by atoms with Crippen molar-refractivity contribution in [2.24, 2.45) is 0 Å². The third-order valence-electron chi connectivity index (χ3n) is 3.67. The van der Waals surface area contributed by atoms with Gasteiger partial charge < -0.3 is 15.0 Å². The molecular formula is C18H20N2O4. The van der Waals surface area contributed by atoms with Crippen molar-refractivity contribution in [3.8, 4) is 0 Å². The van der Waals surface area contributed by atoms with Crippen molar-refractivity contribution in [2.75, 3.05) is 11.9 Å². The summed E-state index contributed by atoms with van der Waals surface area (Å²) in [7, 11) is 0. The lowest BCUT2D eigenvalue weighted by molar-refractivity contribution is 0.0519. The van der Waals surface area contributed by atoms with Crippen LogP contribution in [0.5, 0.6) is 0 Å². The molecule has 0 unspecified atom stereocenters. The average Bonchev–Trinajstić information content (AvgIpc) is 2.82. The summed E-state index contributed by atoms with van der Waals surface area (Å²) in [6.45, 7) is 6.86. The summed E-state index contributed by atoms with van der Waals surface area (Å²) in [5.74, 6) is -0.919. The second kappa shape index (κ2) is 7.12. The molecule has 1 amide bonds. The number of H-pyrrole nitrogens is 1. The van der Waals surface area contributed by atoms with Crippen LogP contribution in [-0.2, 0) is 4.74 Å². The number of hydrogen-bond acceptors (Lipinski definition) is 4. The van der Waals surface area contributed by atoms with Gasteiger partial charge in [0, 0.05) is 16.9 Å². The number of amides is 1. The highest BCUT2D eigenvalue weighted by molar-refractivity contribution is 6.08. The first-order chi connectivity index (χ1) is 11.3.